The van der Waals surface area contributed by atoms with Gasteiger partial charge in [0.1, 0.15) is 5.58 Å². The molecular formula is C20H13NO5S2. The molecule has 0 saturated heterocycles. The Morgan fingerprint density at radius 3 is 2.21 bits per heavy atom. The van der Waals surface area contributed by atoms with E-state index in [1.165, 1.54) is 30.3 Å². The standard InChI is InChI=1S/C20H13NO5S2/c22-19(14-7-3-1-4-8-14)21(28(24,25)16-9-5-2-6-10-16)15-11-12-17-18(13-15)27-20(23)26-17/h1-13H. The molecule has 4 aromatic rings. The Bertz CT molecular complexity index is 1310. The van der Waals surface area contributed by atoms with Crippen molar-refractivity contribution in [2.75, 3.05) is 4.31 Å². The molecule has 0 radical (unpaired) electrons. The zero-order valence-electron chi connectivity index (χ0n) is 14.3. The third kappa shape index (κ3) is 3.23. The summed E-state index contributed by atoms with van der Waals surface area (Å²) in [4.78, 5) is 24.2. The molecule has 0 saturated carbocycles. The molecule has 0 aliphatic rings. The van der Waals surface area contributed by atoms with Gasteiger partial charge < -0.3 is 4.42 Å². The van der Waals surface area contributed by atoms with Crippen molar-refractivity contribution in [2.45, 2.75) is 4.90 Å². The molecule has 0 spiro atoms. The fourth-order valence-corrected chi connectivity index (χ4v) is 4.88. The van der Waals surface area contributed by atoms with Gasteiger partial charge in [-0.3, -0.25) is 4.79 Å². The first kappa shape index (κ1) is 18.1. The van der Waals surface area contributed by atoms with Crippen molar-refractivity contribution < 1.29 is 17.6 Å². The van der Waals surface area contributed by atoms with Gasteiger partial charge in [0.2, 0.25) is 0 Å². The lowest BCUT2D eigenvalue weighted by Crippen LogP contribution is -2.37. The maximum absolute atomic E-state index is 13.3. The van der Waals surface area contributed by atoms with Crippen molar-refractivity contribution >= 4 is 43.2 Å². The van der Waals surface area contributed by atoms with Crippen LogP contribution in [0.15, 0.2) is 93.0 Å². The maximum atomic E-state index is 13.3. The predicted molar refractivity (Wildman–Crippen MR) is 107 cm³/mol. The molecule has 0 aliphatic carbocycles. The molecule has 0 atom stereocenters. The smallest absolute Gasteiger partial charge is 0.396 e. The minimum atomic E-state index is -4.18. The van der Waals surface area contributed by atoms with Crippen LogP contribution in [0.25, 0.3) is 10.3 Å². The number of anilines is 1. The lowest BCUT2D eigenvalue weighted by Gasteiger charge is -2.22. The number of hydrogen-bond donors (Lipinski definition) is 0. The van der Waals surface area contributed by atoms with Gasteiger partial charge in [-0.2, -0.15) is 4.31 Å². The first-order chi connectivity index (χ1) is 13.5. The van der Waals surface area contributed by atoms with Gasteiger partial charge in [-0.25, -0.2) is 13.2 Å². The van der Waals surface area contributed by atoms with Crippen LogP contribution in [0.3, 0.4) is 0 Å². The van der Waals surface area contributed by atoms with Crippen LogP contribution in [-0.2, 0) is 10.0 Å². The van der Waals surface area contributed by atoms with Gasteiger partial charge in [0.25, 0.3) is 15.9 Å². The van der Waals surface area contributed by atoms with Gasteiger partial charge in [-0.05, 0) is 42.5 Å². The van der Waals surface area contributed by atoms with E-state index in [-0.39, 0.29) is 16.1 Å². The molecule has 4 rings (SSSR count). The highest BCUT2D eigenvalue weighted by molar-refractivity contribution is 7.93. The maximum Gasteiger partial charge on any atom is 0.396 e. The van der Waals surface area contributed by atoms with Crippen molar-refractivity contribution in [3.05, 3.63) is 94.2 Å². The number of rotatable bonds is 4. The summed E-state index contributed by atoms with van der Waals surface area (Å²) in [7, 11) is -4.18. The molecule has 0 fully saturated rings. The monoisotopic (exact) mass is 411 g/mol. The highest BCUT2D eigenvalue weighted by atomic mass is 32.2. The number of carbonyl (C=O) groups excluding carboxylic acids is 1. The van der Waals surface area contributed by atoms with Crippen molar-refractivity contribution in [3.8, 4) is 0 Å². The van der Waals surface area contributed by atoms with E-state index in [1.807, 2.05) is 0 Å². The fraction of sp³-hybridized carbons (Fsp3) is 0. The normalized spacial score (nSPS) is 11.4. The van der Waals surface area contributed by atoms with Crippen molar-refractivity contribution in [1.82, 2.24) is 0 Å². The van der Waals surface area contributed by atoms with Crippen LogP contribution >= 0.6 is 11.3 Å². The summed E-state index contributed by atoms with van der Waals surface area (Å²) in [5.74, 6) is -0.695. The van der Waals surface area contributed by atoms with E-state index in [2.05, 4.69) is 0 Å². The molecule has 1 aromatic heterocycles. The Morgan fingerprint density at radius 1 is 0.893 bits per heavy atom. The largest absolute Gasteiger partial charge is 0.414 e. The van der Waals surface area contributed by atoms with Gasteiger partial charge >= 0.3 is 4.94 Å². The van der Waals surface area contributed by atoms with Crippen LogP contribution in [-0.4, -0.2) is 14.3 Å². The van der Waals surface area contributed by atoms with Crippen molar-refractivity contribution in [1.29, 1.82) is 0 Å². The predicted octanol–water partition coefficient (Wildman–Crippen LogP) is 3.89. The lowest BCUT2D eigenvalue weighted by molar-refractivity contribution is 0.101. The van der Waals surface area contributed by atoms with Gasteiger partial charge in [0, 0.05) is 5.56 Å². The molecule has 1 amide bonds. The average Bonchev–Trinajstić information content (AvgIpc) is 3.08. The topological polar surface area (TPSA) is 84.7 Å². The minimum absolute atomic E-state index is 0.0141. The quantitative estimate of drug-likeness (QED) is 0.509. The Balaban J connectivity index is 1.92. The van der Waals surface area contributed by atoms with E-state index in [9.17, 15) is 18.0 Å². The van der Waals surface area contributed by atoms with E-state index in [4.69, 9.17) is 4.42 Å². The molecule has 0 aliphatic heterocycles. The second-order valence-electron chi connectivity index (χ2n) is 5.84. The summed E-state index contributed by atoms with van der Waals surface area (Å²) in [5.41, 5.74) is 0.688. The van der Waals surface area contributed by atoms with Gasteiger partial charge in [-0.15, -0.1) is 0 Å². The van der Waals surface area contributed by atoms with E-state index in [0.29, 0.717) is 10.3 Å². The first-order valence-electron chi connectivity index (χ1n) is 8.20. The molecule has 140 valence electrons. The van der Waals surface area contributed by atoms with Crippen LogP contribution in [0.1, 0.15) is 10.4 Å². The van der Waals surface area contributed by atoms with Crippen LogP contribution in [0.2, 0.25) is 0 Å². The zero-order chi connectivity index (χ0) is 19.7. The van der Waals surface area contributed by atoms with Gasteiger partial charge in [-0.1, -0.05) is 47.7 Å². The van der Waals surface area contributed by atoms with Gasteiger partial charge in [0.05, 0.1) is 15.3 Å². The number of carbonyl (C=O) groups is 1. The van der Waals surface area contributed by atoms with Crippen molar-refractivity contribution in [2.24, 2.45) is 0 Å². The average molecular weight is 411 g/mol. The molecule has 0 bridgehead atoms. The molecule has 0 unspecified atom stereocenters. The number of benzene rings is 3. The Labute approximate surface area is 164 Å². The lowest BCUT2D eigenvalue weighted by atomic mass is 10.2. The Hall–Kier alpha value is -3.23. The van der Waals surface area contributed by atoms with Gasteiger partial charge in [0.15, 0.2) is 0 Å². The molecule has 6 nitrogen and oxygen atoms in total. The number of amides is 1. The van der Waals surface area contributed by atoms with Crippen LogP contribution < -0.4 is 9.24 Å². The number of fused-ring (bicyclic) bond motifs is 1. The van der Waals surface area contributed by atoms with E-state index >= 15 is 0 Å². The third-order valence-corrected chi connectivity index (χ3v) is 6.55. The van der Waals surface area contributed by atoms with E-state index < -0.39 is 20.9 Å². The molecule has 3 aromatic carbocycles. The van der Waals surface area contributed by atoms with Crippen LogP contribution in [0.4, 0.5) is 5.69 Å². The highest BCUT2D eigenvalue weighted by Crippen LogP contribution is 2.30. The van der Waals surface area contributed by atoms with Crippen LogP contribution in [0, 0.1) is 0 Å². The third-order valence-electron chi connectivity index (χ3n) is 4.04. The fourth-order valence-electron chi connectivity index (χ4n) is 2.75. The Morgan fingerprint density at radius 2 is 1.54 bits per heavy atom. The van der Waals surface area contributed by atoms with Crippen LogP contribution in [0.5, 0.6) is 0 Å². The summed E-state index contributed by atoms with van der Waals surface area (Å²) in [5, 5.41) is 0. The second kappa shape index (κ2) is 7.06. The minimum Gasteiger partial charge on any atom is -0.414 e. The Kier molecular flexibility index (Phi) is 4.58. The molecular weight excluding hydrogens is 398 g/mol. The van der Waals surface area contributed by atoms with E-state index in [1.54, 1.807) is 48.5 Å². The summed E-state index contributed by atoms with van der Waals surface area (Å²) in [6, 6.07) is 20.3. The SMILES string of the molecule is O=C(c1ccccc1)N(c1ccc2oc(=O)sc2c1)S(=O)(=O)c1ccccc1. The molecule has 8 heteroatoms. The van der Waals surface area contributed by atoms with Crippen molar-refractivity contribution in [3.63, 3.8) is 0 Å². The number of hydrogen-bond acceptors (Lipinski definition) is 6. The summed E-state index contributed by atoms with van der Waals surface area (Å²) >= 11 is 0.843. The first-order valence-corrected chi connectivity index (χ1v) is 10.5. The second-order valence-corrected chi connectivity index (χ2v) is 8.60. The number of nitrogens with zero attached hydrogens (tertiary/aromatic N) is 1. The summed E-state index contributed by atoms with van der Waals surface area (Å²) in [6.45, 7) is 0. The molecule has 0 N–H and O–H groups in total. The molecule has 1 heterocycles. The van der Waals surface area contributed by atoms with E-state index in [0.717, 1.165) is 15.6 Å². The highest BCUT2D eigenvalue weighted by Gasteiger charge is 2.32. The molecule has 28 heavy (non-hydrogen) atoms. The summed E-state index contributed by atoms with van der Waals surface area (Å²) in [6.07, 6.45) is 0. The zero-order valence-corrected chi connectivity index (χ0v) is 15.9. The summed E-state index contributed by atoms with van der Waals surface area (Å²) < 4.78 is 32.9. The number of sulfonamides is 1.